The van der Waals surface area contributed by atoms with Crippen molar-refractivity contribution >= 4 is 5.96 Å². The standard InChI is InChI=1S/C14H28N4/c1-3-7-18-8-6-13(11-18)10-17-14(15-2)16-9-12-4-5-12/h12-13H,3-11H2,1-2H3,(H2,15,16,17). The van der Waals surface area contributed by atoms with Crippen LogP contribution in [0.15, 0.2) is 4.99 Å². The zero-order valence-corrected chi connectivity index (χ0v) is 11.9. The van der Waals surface area contributed by atoms with Gasteiger partial charge in [-0.2, -0.15) is 0 Å². The third-order valence-electron chi connectivity index (χ3n) is 3.95. The third-order valence-corrected chi connectivity index (χ3v) is 3.95. The van der Waals surface area contributed by atoms with E-state index < -0.39 is 0 Å². The van der Waals surface area contributed by atoms with Gasteiger partial charge in [-0.25, -0.2) is 0 Å². The average Bonchev–Trinajstić information content (AvgIpc) is 3.10. The molecule has 0 bridgehead atoms. The number of rotatable bonds is 6. The van der Waals surface area contributed by atoms with E-state index in [2.05, 4.69) is 27.4 Å². The van der Waals surface area contributed by atoms with Gasteiger partial charge in [0.05, 0.1) is 0 Å². The number of hydrogen-bond acceptors (Lipinski definition) is 2. The highest BCUT2D eigenvalue weighted by Crippen LogP contribution is 2.27. The summed E-state index contributed by atoms with van der Waals surface area (Å²) in [5, 5.41) is 6.89. The summed E-state index contributed by atoms with van der Waals surface area (Å²) >= 11 is 0. The quantitative estimate of drug-likeness (QED) is 0.553. The lowest BCUT2D eigenvalue weighted by atomic mass is 10.1. The molecule has 1 atom stereocenters. The molecule has 1 saturated carbocycles. The van der Waals surface area contributed by atoms with E-state index in [1.54, 1.807) is 0 Å². The van der Waals surface area contributed by atoms with Crippen LogP contribution >= 0.6 is 0 Å². The van der Waals surface area contributed by atoms with Gasteiger partial charge in [0.25, 0.3) is 0 Å². The van der Waals surface area contributed by atoms with Crippen molar-refractivity contribution in [3.63, 3.8) is 0 Å². The Morgan fingerprint density at radius 1 is 1.17 bits per heavy atom. The summed E-state index contributed by atoms with van der Waals surface area (Å²) in [6, 6.07) is 0. The first-order valence-electron chi connectivity index (χ1n) is 7.48. The first-order valence-corrected chi connectivity index (χ1v) is 7.48. The van der Waals surface area contributed by atoms with Crippen LogP contribution in [0.5, 0.6) is 0 Å². The molecule has 4 nitrogen and oxygen atoms in total. The van der Waals surface area contributed by atoms with Gasteiger partial charge in [0.15, 0.2) is 5.96 Å². The van der Waals surface area contributed by atoms with Gasteiger partial charge in [-0.05, 0) is 50.6 Å². The third kappa shape index (κ3) is 4.48. The maximum atomic E-state index is 4.28. The van der Waals surface area contributed by atoms with Crippen LogP contribution < -0.4 is 10.6 Å². The second-order valence-corrected chi connectivity index (χ2v) is 5.73. The number of likely N-dealkylation sites (tertiary alicyclic amines) is 1. The SMILES string of the molecule is CCCN1CCC(CNC(=NC)NCC2CC2)C1. The van der Waals surface area contributed by atoms with Crippen LogP contribution in [-0.4, -0.2) is 50.6 Å². The van der Waals surface area contributed by atoms with Gasteiger partial charge in [0.2, 0.25) is 0 Å². The molecule has 0 spiro atoms. The fourth-order valence-electron chi connectivity index (χ4n) is 2.62. The van der Waals surface area contributed by atoms with Crippen molar-refractivity contribution < 1.29 is 0 Å². The van der Waals surface area contributed by atoms with Crippen molar-refractivity contribution in [1.29, 1.82) is 0 Å². The summed E-state index contributed by atoms with van der Waals surface area (Å²) in [5.41, 5.74) is 0. The van der Waals surface area contributed by atoms with Crippen LogP contribution in [0, 0.1) is 11.8 Å². The van der Waals surface area contributed by atoms with E-state index in [-0.39, 0.29) is 0 Å². The molecule has 1 saturated heterocycles. The molecule has 18 heavy (non-hydrogen) atoms. The fraction of sp³-hybridized carbons (Fsp3) is 0.929. The number of nitrogens with zero attached hydrogens (tertiary/aromatic N) is 2. The molecule has 0 aromatic carbocycles. The van der Waals surface area contributed by atoms with Gasteiger partial charge < -0.3 is 15.5 Å². The molecule has 1 unspecified atom stereocenters. The Kier molecular flexibility index (Phi) is 5.29. The van der Waals surface area contributed by atoms with E-state index in [9.17, 15) is 0 Å². The van der Waals surface area contributed by atoms with E-state index in [0.29, 0.717) is 0 Å². The molecule has 0 radical (unpaired) electrons. The minimum atomic E-state index is 0.788. The van der Waals surface area contributed by atoms with E-state index in [1.807, 2.05) is 7.05 Å². The van der Waals surface area contributed by atoms with Crippen molar-refractivity contribution in [2.24, 2.45) is 16.8 Å². The number of hydrogen-bond donors (Lipinski definition) is 2. The summed E-state index contributed by atoms with van der Waals surface area (Å²) in [6.07, 6.45) is 5.37. The highest BCUT2D eigenvalue weighted by molar-refractivity contribution is 5.79. The smallest absolute Gasteiger partial charge is 0.190 e. The van der Waals surface area contributed by atoms with E-state index in [1.165, 1.54) is 45.3 Å². The van der Waals surface area contributed by atoms with Crippen molar-refractivity contribution in [2.75, 3.05) is 39.8 Å². The van der Waals surface area contributed by atoms with Gasteiger partial charge in [0.1, 0.15) is 0 Å². The first-order chi connectivity index (χ1) is 8.81. The molecule has 1 heterocycles. The normalized spacial score (nSPS) is 25.4. The Bertz CT molecular complexity index is 273. The van der Waals surface area contributed by atoms with Crippen LogP contribution in [0.3, 0.4) is 0 Å². The molecule has 1 aliphatic carbocycles. The van der Waals surface area contributed by atoms with E-state index in [4.69, 9.17) is 0 Å². The Morgan fingerprint density at radius 3 is 2.50 bits per heavy atom. The molecule has 0 amide bonds. The molecule has 0 aromatic heterocycles. The number of nitrogens with one attached hydrogen (secondary N) is 2. The predicted octanol–water partition coefficient (Wildman–Crippen LogP) is 1.29. The van der Waals surface area contributed by atoms with Crippen LogP contribution in [0.4, 0.5) is 0 Å². The lowest BCUT2D eigenvalue weighted by molar-refractivity contribution is 0.324. The lowest BCUT2D eigenvalue weighted by Gasteiger charge is -2.16. The highest BCUT2D eigenvalue weighted by atomic mass is 15.2. The maximum Gasteiger partial charge on any atom is 0.190 e. The molecular weight excluding hydrogens is 224 g/mol. The predicted molar refractivity (Wildman–Crippen MR) is 76.9 cm³/mol. The van der Waals surface area contributed by atoms with Gasteiger partial charge in [0, 0.05) is 26.7 Å². The van der Waals surface area contributed by atoms with Crippen LogP contribution in [-0.2, 0) is 0 Å². The number of aliphatic imine (C=N–C) groups is 1. The zero-order valence-electron chi connectivity index (χ0n) is 11.9. The maximum absolute atomic E-state index is 4.28. The second kappa shape index (κ2) is 6.98. The summed E-state index contributed by atoms with van der Waals surface area (Å²) in [6.45, 7) is 8.19. The Hall–Kier alpha value is -0.770. The summed E-state index contributed by atoms with van der Waals surface area (Å²) in [5.74, 6) is 2.67. The molecular formula is C14H28N4. The van der Waals surface area contributed by atoms with Gasteiger partial charge in [-0.1, -0.05) is 6.92 Å². The van der Waals surface area contributed by atoms with E-state index >= 15 is 0 Å². The topological polar surface area (TPSA) is 39.7 Å². The van der Waals surface area contributed by atoms with Gasteiger partial charge in [-0.15, -0.1) is 0 Å². The lowest BCUT2D eigenvalue weighted by Crippen LogP contribution is -2.41. The minimum absolute atomic E-state index is 0.788. The summed E-state index contributed by atoms with van der Waals surface area (Å²) in [4.78, 5) is 6.86. The fourth-order valence-corrected chi connectivity index (χ4v) is 2.62. The molecule has 0 aromatic rings. The molecule has 2 rings (SSSR count). The molecule has 2 fully saturated rings. The monoisotopic (exact) mass is 252 g/mol. The Balaban J connectivity index is 1.60. The molecule has 4 heteroatoms. The Morgan fingerprint density at radius 2 is 1.89 bits per heavy atom. The second-order valence-electron chi connectivity index (χ2n) is 5.73. The van der Waals surface area contributed by atoms with Crippen molar-refractivity contribution in [3.8, 4) is 0 Å². The van der Waals surface area contributed by atoms with Crippen LogP contribution in [0.1, 0.15) is 32.6 Å². The largest absolute Gasteiger partial charge is 0.356 e. The minimum Gasteiger partial charge on any atom is -0.356 e. The summed E-state index contributed by atoms with van der Waals surface area (Å²) < 4.78 is 0. The highest BCUT2D eigenvalue weighted by Gasteiger charge is 2.23. The van der Waals surface area contributed by atoms with Crippen molar-refractivity contribution in [2.45, 2.75) is 32.6 Å². The summed E-state index contributed by atoms with van der Waals surface area (Å²) in [7, 11) is 1.86. The van der Waals surface area contributed by atoms with Crippen molar-refractivity contribution in [1.82, 2.24) is 15.5 Å². The molecule has 104 valence electrons. The van der Waals surface area contributed by atoms with Crippen molar-refractivity contribution in [3.05, 3.63) is 0 Å². The van der Waals surface area contributed by atoms with Gasteiger partial charge in [-0.3, -0.25) is 4.99 Å². The number of guanidine groups is 1. The molecule has 2 aliphatic rings. The van der Waals surface area contributed by atoms with Gasteiger partial charge >= 0.3 is 0 Å². The van der Waals surface area contributed by atoms with E-state index in [0.717, 1.165) is 30.9 Å². The van der Waals surface area contributed by atoms with Crippen LogP contribution in [0.2, 0.25) is 0 Å². The average molecular weight is 252 g/mol. The zero-order chi connectivity index (χ0) is 12.8. The first kappa shape index (κ1) is 13.7. The Labute approximate surface area is 111 Å². The van der Waals surface area contributed by atoms with Crippen LogP contribution in [0.25, 0.3) is 0 Å². The molecule has 1 aliphatic heterocycles. The molecule has 2 N–H and O–H groups in total.